The molecule has 0 radical (unpaired) electrons. The minimum atomic E-state index is -0.263. The van der Waals surface area contributed by atoms with Crippen LogP contribution in [0.5, 0.6) is 0 Å². The number of rotatable bonds is 2. The van der Waals surface area contributed by atoms with E-state index in [1.165, 1.54) is 6.42 Å². The second-order valence-corrected chi connectivity index (χ2v) is 5.44. The molecule has 80 valence electrons. The van der Waals surface area contributed by atoms with E-state index in [4.69, 9.17) is 10.00 Å². The van der Waals surface area contributed by atoms with Gasteiger partial charge in [-0.05, 0) is 37.5 Å². The van der Waals surface area contributed by atoms with Crippen LogP contribution in [0.3, 0.4) is 0 Å². The van der Waals surface area contributed by atoms with Gasteiger partial charge in [-0.1, -0.05) is 20.8 Å². The summed E-state index contributed by atoms with van der Waals surface area (Å²) >= 11 is 0. The molecule has 2 nitrogen and oxygen atoms in total. The van der Waals surface area contributed by atoms with E-state index >= 15 is 0 Å². The van der Waals surface area contributed by atoms with E-state index in [0.717, 1.165) is 18.8 Å². The molecule has 0 aliphatic heterocycles. The Morgan fingerprint density at radius 2 is 2.07 bits per heavy atom. The Morgan fingerprint density at radius 3 is 2.57 bits per heavy atom. The summed E-state index contributed by atoms with van der Waals surface area (Å²) in [5.74, 6) is 0.717. The summed E-state index contributed by atoms with van der Waals surface area (Å²) in [5, 5.41) is 8.69. The van der Waals surface area contributed by atoms with Crippen molar-refractivity contribution in [2.75, 3.05) is 0 Å². The first-order valence-corrected chi connectivity index (χ1v) is 5.48. The summed E-state index contributed by atoms with van der Waals surface area (Å²) in [6.45, 7) is 8.67. The molecule has 0 spiro atoms. The largest absolute Gasteiger partial charge is 0.360 e. The van der Waals surface area contributed by atoms with Crippen molar-refractivity contribution in [1.82, 2.24) is 0 Å². The standard InChI is InChI=1S/C12H21NO/c1-9-5-11(14-10(2)8-13)7-12(3,4)6-9/h9-11H,5-7H2,1-4H3. The molecule has 0 amide bonds. The Balaban J connectivity index is 2.51. The van der Waals surface area contributed by atoms with Crippen LogP contribution in [0.2, 0.25) is 0 Å². The smallest absolute Gasteiger partial charge is 0.141 e. The van der Waals surface area contributed by atoms with Gasteiger partial charge in [-0.15, -0.1) is 0 Å². The van der Waals surface area contributed by atoms with E-state index < -0.39 is 0 Å². The van der Waals surface area contributed by atoms with E-state index in [0.29, 0.717) is 5.41 Å². The third-order valence-electron chi connectivity index (χ3n) is 2.92. The molecule has 1 fully saturated rings. The summed E-state index contributed by atoms with van der Waals surface area (Å²) in [7, 11) is 0. The summed E-state index contributed by atoms with van der Waals surface area (Å²) < 4.78 is 5.69. The highest BCUT2D eigenvalue weighted by Gasteiger charge is 2.33. The van der Waals surface area contributed by atoms with Gasteiger partial charge in [0.15, 0.2) is 0 Å². The lowest BCUT2D eigenvalue weighted by Gasteiger charge is -2.39. The van der Waals surface area contributed by atoms with Crippen LogP contribution in [-0.2, 0) is 4.74 Å². The number of hydrogen-bond donors (Lipinski definition) is 0. The molecule has 2 heteroatoms. The third-order valence-corrected chi connectivity index (χ3v) is 2.92. The van der Waals surface area contributed by atoms with Gasteiger partial charge in [0.2, 0.25) is 0 Å². The van der Waals surface area contributed by atoms with E-state index in [2.05, 4.69) is 26.8 Å². The van der Waals surface area contributed by atoms with Crippen molar-refractivity contribution in [2.24, 2.45) is 11.3 Å². The number of hydrogen-bond acceptors (Lipinski definition) is 2. The van der Waals surface area contributed by atoms with Crippen LogP contribution in [-0.4, -0.2) is 12.2 Å². The van der Waals surface area contributed by atoms with Crippen molar-refractivity contribution >= 4 is 0 Å². The Labute approximate surface area is 87.3 Å². The molecule has 1 saturated carbocycles. The molecule has 1 rings (SSSR count). The molecule has 0 heterocycles. The van der Waals surface area contributed by atoms with Gasteiger partial charge in [-0.3, -0.25) is 0 Å². The molecule has 0 aromatic carbocycles. The zero-order valence-electron chi connectivity index (χ0n) is 9.71. The molecule has 0 saturated heterocycles. The van der Waals surface area contributed by atoms with Crippen LogP contribution in [0.4, 0.5) is 0 Å². The van der Waals surface area contributed by atoms with Crippen molar-refractivity contribution in [3.63, 3.8) is 0 Å². The molecule has 14 heavy (non-hydrogen) atoms. The lowest BCUT2D eigenvalue weighted by molar-refractivity contribution is -0.0399. The lowest BCUT2D eigenvalue weighted by atomic mass is 9.71. The predicted octanol–water partition coefficient (Wildman–Crippen LogP) is 3.13. The summed E-state index contributed by atoms with van der Waals surface area (Å²) in [5.41, 5.74) is 0.373. The second kappa shape index (κ2) is 4.31. The fourth-order valence-corrected chi connectivity index (χ4v) is 2.68. The highest BCUT2D eigenvalue weighted by Crippen LogP contribution is 2.39. The maximum Gasteiger partial charge on any atom is 0.141 e. The first kappa shape index (κ1) is 11.5. The van der Waals surface area contributed by atoms with Gasteiger partial charge in [0.05, 0.1) is 12.2 Å². The first-order chi connectivity index (χ1) is 6.43. The van der Waals surface area contributed by atoms with Crippen molar-refractivity contribution in [3.05, 3.63) is 0 Å². The van der Waals surface area contributed by atoms with E-state index in [1.54, 1.807) is 0 Å². The molecular formula is C12H21NO. The number of nitrogens with zero attached hydrogens (tertiary/aromatic N) is 1. The minimum absolute atomic E-state index is 0.263. The normalized spacial score (nSPS) is 33.4. The van der Waals surface area contributed by atoms with Gasteiger partial charge in [0, 0.05) is 0 Å². The van der Waals surface area contributed by atoms with Crippen LogP contribution in [0.25, 0.3) is 0 Å². The van der Waals surface area contributed by atoms with Gasteiger partial charge >= 0.3 is 0 Å². The van der Waals surface area contributed by atoms with Gasteiger partial charge in [0.25, 0.3) is 0 Å². The van der Waals surface area contributed by atoms with Gasteiger partial charge < -0.3 is 4.74 Å². The fourth-order valence-electron chi connectivity index (χ4n) is 2.68. The molecule has 0 aromatic rings. The van der Waals surface area contributed by atoms with Crippen LogP contribution in [0, 0.1) is 22.7 Å². The Morgan fingerprint density at radius 1 is 1.43 bits per heavy atom. The first-order valence-electron chi connectivity index (χ1n) is 5.48. The molecule has 1 aliphatic carbocycles. The van der Waals surface area contributed by atoms with Crippen LogP contribution in [0.1, 0.15) is 47.0 Å². The van der Waals surface area contributed by atoms with Crippen LogP contribution >= 0.6 is 0 Å². The molecule has 3 atom stereocenters. The summed E-state index contributed by atoms with van der Waals surface area (Å²) in [6.07, 6.45) is 3.48. The zero-order chi connectivity index (χ0) is 10.8. The fraction of sp³-hybridized carbons (Fsp3) is 0.917. The molecule has 0 N–H and O–H groups in total. The zero-order valence-corrected chi connectivity index (χ0v) is 9.71. The van der Waals surface area contributed by atoms with E-state index in [9.17, 15) is 0 Å². The monoisotopic (exact) mass is 195 g/mol. The maximum atomic E-state index is 8.69. The predicted molar refractivity (Wildman–Crippen MR) is 56.7 cm³/mol. The highest BCUT2D eigenvalue weighted by molar-refractivity contribution is 4.87. The van der Waals surface area contributed by atoms with E-state index in [-0.39, 0.29) is 12.2 Å². The number of ether oxygens (including phenoxy) is 1. The molecular weight excluding hydrogens is 174 g/mol. The maximum absolute atomic E-state index is 8.69. The van der Waals surface area contributed by atoms with Gasteiger partial charge in [-0.25, -0.2) is 0 Å². The SMILES string of the molecule is CC1CC(OC(C)C#N)CC(C)(C)C1. The second-order valence-electron chi connectivity index (χ2n) is 5.44. The Kier molecular flexibility index (Phi) is 3.55. The van der Waals surface area contributed by atoms with Crippen molar-refractivity contribution < 1.29 is 4.74 Å². The van der Waals surface area contributed by atoms with Crippen LogP contribution < -0.4 is 0 Å². The average molecular weight is 195 g/mol. The number of nitriles is 1. The summed E-state index contributed by atoms with van der Waals surface area (Å²) in [6, 6.07) is 2.13. The Hall–Kier alpha value is -0.550. The quantitative estimate of drug-likeness (QED) is 0.678. The molecule has 0 bridgehead atoms. The third kappa shape index (κ3) is 3.31. The Bertz CT molecular complexity index is 229. The van der Waals surface area contributed by atoms with Crippen LogP contribution in [0.15, 0.2) is 0 Å². The lowest BCUT2D eigenvalue weighted by Crippen LogP contribution is -2.34. The molecule has 0 aromatic heterocycles. The molecule has 3 unspecified atom stereocenters. The average Bonchev–Trinajstić information content (AvgIpc) is 1.99. The summed E-state index contributed by atoms with van der Waals surface area (Å²) in [4.78, 5) is 0. The highest BCUT2D eigenvalue weighted by atomic mass is 16.5. The topological polar surface area (TPSA) is 33.0 Å². The van der Waals surface area contributed by atoms with Crippen molar-refractivity contribution in [2.45, 2.75) is 59.2 Å². The van der Waals surface area contributed by atoms with Crippen molar-refractivity contribution in [1.29, 1.82) is 5.26 Å². The molecule has 1 aliphatic rings. The van der Waals surface area contributed by atoms with Gasteiger partial charge in [0.1, 0.15) is 6.10 Å². The minimum Gasteiger partial charge on any atom is -0.360 e. The van der Waals surface area contributed by atoms with E-state index in [1.807, 2.05) is 6.92 Å². The van der Waals surface area contributed by atoms with Crippen molar-refractivity contribution in [3.8, 4) is 6.07 Å². The van der Waals surface area contributed by atoms with Gasteiger partial charge in [-0.2, -0.15) is 5.26 Å².